The quantitative estimate of drug-likeness (QED) is 0.302. The Morgan fingerprint density at radius 1 is 0.947 bits per heavy atom. The van der Waals surface area contributed by atoms with Crippen molar-refractivity contribution in [1.82, 2.24) is 4.90 Å². The molecule has 2 amide bonds. The predicted molar refractivity (Wildman–Crippen MR) is 151 cm³/mol. The van der Waals surface area contributed by atoms with Crippen molar-refractivity contribution in [2.45, 2.75) is 50.5 Å². The van der Waals surface area contributed by atoms with Gasteiger partial charge in [0.05, 0.1) is 23.1 Å². The fraction of sp³-hybridized carbons (Fsp3) is 0.333. The highest BCUT2D eigenvalue weighted by Crippen LogP contribution is 2.40. The van der Waals surface area contributed by atoms with Crippen LogP contribution in [0, 0.1) is 5.92 Å². The highest BCUT2D eigenvalue weighted by atomic mass is 35.5. The van der Waals surface area contributed by atoms with Crippen LogP contribution in [0.4, 0.5) is 5.69 Å². The van der Waals surface area contributed by atoms with Gasteiger partial charge in [-0.25, -0.2) is 8.42 Å². The molecular formula is C30H33ClN2O4S. The summed E-state index contributed by atoms with van der Waals surface area (Å²) in [5, 5.41) is 3.52. The highest BCUT2D eigenvalue weighted by molar-refractivity contribution is 7.91. The molecule has 0 saturated heterocycles. The topological polar surface area (TPSA) is 83.6 Å². The zero-order valence-electron chi connectivity index (χ0n) is 21.7. The fourth-order valence-corrected chi connectivity index (χ4v) is 5.55. The van der Waals surface area contributed by atoms with Gasteiger partial charge in [-0.15, -0.1) is 0 Å². The van der Waals surface area contributed by atoms with Crippen LogP contribution in [0.3, 0.4) is 0 Å². The van der Waals surface area contributed by atoms with E-state index < -0.39 is 9.84 Å². The summed E-state index contributed by atoms with van der Waals surface area (Å²) in [6, 6.07) is 21.0. The van der Waals surface area contributed by atoms with Gasteiger partial charge in [0.25, 0.3) is 5.91 Å². The molecule has 8 heteroatoms. The van der Waals surface area contributed by atoms with E-state index >= 15 is 0 Å². The SMILES string of the molecule is CCN(C(=O)c1ccc(NC(=O)Cc2ccc(S(=O)(=O)CC)cc2)cc1)[C@H](CC1CC1)c1ccc(Cl)cc1. The molecule has 0 spiro atoms. The second-order valence-electron chi connectivity index (χ2n) is 9.69. The van der Waals surface area contributed by atoms with Gasteiger partial charge in [0.1, 0.15) is 0 Å². The number of amides is 2. The number of benzene rings is 3. The Morgan fingerprint density at radius 2 is 1.58 bits per heavy atom. The number of anilines is 1. The van der Waals surface area contributed by atoms with Crippen LogP contribution in [-0.4, -0.2) is 37.4 Å². The van der Waals surface area contributed by atoms with E-state index in [1.54, 1.807) is 43.3 Å². The molecule has 38 heavy (non-hydrogen) atoms. The molecule has 1 atom stereocenters. The standard InChI is InChI=1S/C30H33ClN2O4S/c1-3-33(28(19-21-5-6-21)23-9-13-25(31)14-10-23)30(35)24-11-15-26(16-12-24)32-29(34)20-22-7-17-27(18-8-22)38(36,37)4-2/h7-18,21,28H,3-6,19-20H2,1-2H3,(H,32,34)/t28-/m1/s1. The van der Waals surface area contributed by atoms with Gasteiger partial charge in [0.2, 0.25) is 5.91 Å². The predicted octanol–water partition coefficient (Wildman–Crippen LogP) is 6.32. The number of nitrogens with zero attached hydrogens (tertiary/aromatic N) is 1. The summed E-state index contributed by atoms with van der Waals surface area (Å²) >= 11 is 6.10. The number of halogens is 1. The third-order valence-corrected chi connectivity index (χ3v) is 8.93. The van der Waals surface area contributed by atoms with E-state index in [2.05, 4.69) is 5.32 Å². The van der Waals surface area contributed by atoms with Crippen LogP contribution < -0.4 is 5.32 Å². The third-order valence-electron chi connectivity index (χ3n) is 6.93. The lowest BCUT2D eigenvalue weighted by Crippen LogP contribution is -2.35. The smallest absolute Gasteiger partial charge is 0.254 e. The van der Waals surface area contributed by atoms with E-state index in [-0.39, 0.29) is 34.9 Å². The molecular weight excluding hydrogens is 520 g/mol. The van der Waals surface area contributed by atoms with Crippen LogP contribution in [-0.2, 0) is 21.1 Å². The lowest BCUT2D eigenvalue weighted by atomic mass is 9.98. The Balaban J connectivity index is 1.41. The van der Waals surface area contributed by atoms with Gasteiger partial charge in [-0.3, -0.25) is 9.59 Å². The zero-order valence-corrected chi connectivity index (χ0v) is 23.3. The van der Waals surface area contributed by atoms with Gasteiger partial charge < -0.3 is 10.2 Å². The number of carbonyl (C=O) groups is 2. The molecule has 0 aliphatic heterocycles. The first-order chi connectivity index (χ1) is 18.2. The Bertz CT molecular complexity index is 1370. The van der Waals surface area contributed by atoms with Gasteiger partial charge >= 0.3 is 0 Å². The Labute approximate surface area is 229 Å². The summed E-state index contributed by atoms with van der Waals surface area (Å²) in [6.07, 6.45) is 3.44. The maximum Gasteiger partial charge on any atom is 0.254 e. The average Bonchev–Trinajstić information content (AvgIpc) is 3.74. The molecule has 0 unspecified atom stereocenters. The largest absolute Gasteiger partial charge is 0.332 e. The van der Waals surface area contributed by atoms with Crippen LogP contribution in [0.2, 0.25) is 5.02 Å². The molecule has 1 aliphatic rings. The first-order valence-corrected chi connectivity index (χ1v) is 15.0. The molecule has 0 heterocycles. The first-order valence-electron chi connectivity index (χ1n) is 13.0. The van der Waals surface area contributed by atoms with E-state index in [1.165, 1.54) is 25.0 Å². The lowest BCUT2D eigenvalue weighted by molar-refractivity contribution is -0.115. The van der Waals surface area contributed by atoms with Gasteiger partial charge in [0, 0.05) is 22.8 Å². The van der Waals surface area contributed by atoms with Crippen LogP contribution in [0.5, 0.6) is 0 Å². The highest BCUT2D eigenvalue weighted by Gasteiger charge is 2.32. The monoisotopic (exact) mass is 552 g/mol. The van der Waals surface area contributed by atoms with Crippen molar-refractivity contribution in [3.63, 3.8) is 0 Å². The Kier molecular flexibility index (Phi) is 8.90. The fourth-order valence-electron chi connectivity index (χ4n) is 4.54. The number of nitrogens with one attached hydrogen (secondary N) is 1. The number of rotatable bonds is 11. The molecule has 3 aromatic rings. The van der Waals surface area contributed by atoms with Gasteiger partial charge in [-0.05, 0) is 78.9 Å². The lowest BCUT2D eigenvalue weighted by Gasteiger charge is -2.32. The van der Waals surface area contributed by atoms with Crippen LogP contribution in [0.25, 0.3) is 0 Å². The summed E-state index contributed by atoms with van der Waals surface area (Å²) in [4.78, 5) is 28.2. The van der Waals surface area contributed by atoms with Crippen molar-refractivity contribution in [2.24, 2.45) is 5.92 Å². The number of sulfone groups is 1. The van der Waals surface area contributed by atoms with Crippen molar-refractivity contribution < 1.29 is 18.0 Å². The van der Waals surface area contributed by atoms with Crippen molar-refractivity contribution in [3.8, 4) is 0 Å². The second kappa shape index (κ2) is 12.1. The van der Waals surface area contributed by atoms with E-state index in [0.717, 1.165) is 12.0 Å². The van der Waals surface area contributed by atoms with Gasteiger partial charge in [0.15, 0.2) is 9.84 Å². The van der Waals surface area contributed by atoms with Crippen LogP contribution in [0.1, 0.15) is 60.6 Å². The summed E-state index contributed by atoms with van der Waals surface area (Å²) < 4.78 is 23.9. The normalized spacial score (nSPS) is 14.1. The molecule has 200 valence electrons. The average molecular weight is 553 g/mol. The zero-order chi connectivity index (χ0) is 27.3. The maximum atomic E-state index is 13.5. The van der Waals surface area contributed by atoms with E-state index in [9.17, 15) is 18.0 Å². The second-order valence-corrected chi connectivity index (χ2v) is 12.4. The van der Waals surface area contributed by atoms with Crippen LogP contribution in [0.15, 0.2) is 77.7 Å². The number of hydrogen-bond donors (Lipinski definition) is 1. The molecule has 0 bridgehead atoms. The number of hydrogen-bond acceptors (Lipinski definition) is 4. The molecule has 3 aromatic carbocycles. The van der Waals surface area contributed by atoms with E-state index in [4.69, 9.17) is 11.6 Å². The van der Waals surface area contributed by atoms with Crippen molar-refractivity contribution in [1.29, 1.82) is 0 Å². The molecule has 0 aromatic heterocycles. The maximum absolute atomic E-state index is 13.5. The van der Waals surface area contributed by atoms with Crippen molar-refractivity contribution >= 4 is 38.9 Å². The molecule has 1 aliphatic carbocycles. The van der Waals surface area contributed by atoms with Gasteiger partial charge in [-0.1, -0.05) is 55.6 Å². The summed E-state index contributed by atoms with van der Waals surface area (Å²) in [7, 11) is -3.27. The Morgan fingerprint density at radius 3 is 2.13 bits per heavy atom. The minimum Gasteiger partial charge on any atom is -0.332 e. The molecule has 6 nitrogen and oxygen atoms in total. The minimum absolute atomic E-state index is 0.0182. The minimum atomic E-state index is -3.27. The molecule has 1 saturated carbocycles. The summed E-state index contributed by atoms with van der Waals surface area (Å²) in [5.74, 6) is 0.400. The Hall–Kier alpha value is -3.16. The van der Waals surface area contributed by atoms with Gasteiger partial charge in [-0.2, -0.15) is 0 Å². The first kappa shape index (κ1) is 27.9. The van der Waals surface area contributed by atoms with E-state index in [1.807, 2.05) is 36.1 Å². The van der Waals surface area contributed by atoms with Crippen molar-refractivity contribution in [3.05, 3.63) is 94.5 Å². The third kappa shape index (κ3) is 7.03. The van der Waals surface area contributed by atoms with Crippen molar-refractivity contribution in [2.75, 3.05) is 17.6 Å². The molecule has 1 fully saturated rings. The summed E-state index contributed by atoms with van der Waals surface area (Å²) in [6.45, 7) is 4.17. The van der Waals surface area contributed by atoms with E-state index in [0.29, 0.717) is 34.3 Å². The molecule has 0 radical (unpaired) electrons. The molecule has 4 rings (SSSR count). The van der Waals surface area contributed by atoms with Crippen LogP contribution >= 0.6 is 11.6 Å². The summed E-state index contributed by atoms with van der Waals surface area (Å²) in [5.41, 5.74) is 2.95. The molecule has 1 N–H and O–H groups in total. The number of carbonyl (C=O) groups excluding carboxylic acids is 2.